The van der Waals surface area contributed by atoms with Crippen molar-refractivity contribution >= 4 is 17.7 Å². The molecular formula is C27H38F2N4O7. The third kappa shape index (κ3) is 7.32. The Hall–Kier alpha value is -3.16. The monoisotopic (exact) mass is 568 g/mol. The molecule has 0 spiro atoms. The van der Waals surface area contributed by atoms with Crippen molar-refractivity contribution in [1.82, 2.24) is 14.9 Å². The lowest BCUT2D eigenvalue weighted by atomic mass is 9.86. The first-order valence-electron chi connectivity index (χ1n) is 13.7. The number of dihydropyridines is 1. The van der Waals surface area contributed by atoms with E-state index < -0.39 is 54.1 Å². The molecular weight excluding hydrogens is 530 g/mol. The van der Waals surface area contributed by atoms with E-state index in [0.717, 1.165) is 37.9 Å². The molecule has 13 heteroatoms. The van der Waals surface area contributed by atoms with Gasteiger partial charge in [0.05, 0.1) is 12.2 Å². The number of carboxylic acid groups (broad SMARTS) is 1. The first-order valence-corrected chi connectivity index (χ1v) is 13.7. The van der Waals surface area contributed by atoms with E-state index in [1.807, 2.05) is 0 Å². The van der Waals surface area contributed by atoms with Gasteiger partial charge in [0.2, 0.25) is 6.23 Å². The molecule has 5 N–H and O–H groups in total. The molecule has 3 heterocycles. The van der Waals surface area contributed by atoms with Crippen LogP contribution in [0.4, 0.5) is 14.6 Å². The van der Waals surface area contributed by atoms with Crippen LogP contribution in [-0.4, -0.2) is 67.0 Å². The predicted molar refractivity (Wildman–Crippen MR) is 142 cm³/mol. The Morgan fingerprint density at radius 2 is 1.80 bits per heavy atom. The standard InChI is InChI=1S/C27H38F2N4O7/c1-2-3-4-5-6-7-8-9-10-13-26(16-18(22(36)37)11-14-30-26)23(38)31-20-12-15-33(25(39)32-20)24-27(28,29)21(35)19(17-34)40-24/h11-12,14-16,19,21,24,30,34-35H,2-10,13,17H2,1H3,(H,36,37)(H,31,32,38,39)/t19-,21-,24-,26?/m1/s1. The van der Waals surface area contributed by atoms with Gasteiger partial charge in [-0.1, -0.05) is 64.7 Å². The number of nitrogens with zero attached hydrogens (tertiary/aromatic N) is 2. The van der Waals surface area contributed by atoms with Crippen LogP contribution in [0.3, 0.4) is 0 Å². The van der Waals surface area contributed by atoms with E-state index in [0.29, 0.717) is 11.0 Å². The van der Waals surface area contributed by atoms with Gasteiger partial charge in [0.15, 0.2) is 6.10 Å². The summed E-state index contributed by atoms with van der Waals surface area (Å²) in [6, 6.07) is 1.12. The molecule has 1 aromatic rings. The summed E-state index contributed by atoms with van der Waals surface area (Å²) in [4.78, 5) is 41.3. The summed E-state index contributed by atoms with van der Waals surface area (Å²) in [6.45, 7) is 1.29. The van der Waals surface area contributed by atoms with Crippen molar-refractivity contribution in [1.29, 1.82) is 0 Å². The minimum Gasteiger partial charge on any atom is -0.478 e. The summed E-state index contributed by atoms with van der Waals surface area (Å²) in [5.74, 6) is -5.99. The van der Waals surface area contributed by atoms with Crippen LogP contribution in [0, 0.1) is 0 Å². The molecule has 0 bridgehead atoms. The van der Waals surface area contributed by atoms with Gasteiger partial charge in [0.25, 0.3) is 5.91 Å². The lowest BCUT2D eigenvalue weighted by Gasteiger charge is -2.32. The maximum Gasteiger partial charge on any atom is 0.351 e. The maximum atomic E-state index is 14.5. The largest absolute Gasteiger partial charge is 0.478 e. The summed E-state index contributed by atoms with van der Waals surface area (Å²) in [7, 11) is 0. The van der Waals surface area contributed by atoms with Gasteiger partial charge in [0, 0.05) is 6.20 Å². The van der Waals surface area contributed by atoms with Crippen LogP contribution in [0.25, 0.3) is 0 Å². The van der Waals surface area contributed by atoms with Crippen LogP contribution < -0.4 is 16.3 Å². The van der Waals surface area contributed by atoms with E-state index in [9.17, 15) is 33.4 Å². The molecule has 2 aliphatic heterocycles. The van der Waals surface area contributed by atoms with Crippen molar-refractivity contribution in [3.8, 4) is 0 Å². The highest BCUT2D eigenvalue weighted by atomic mass is 19.3. The number of unbranched alkanes of at least 4 members (excludes halogenated alkanes) is 8. The van der Waals surface area contributed by atoms with E-state index in [1.54, 1.807) is 0 Å². The number of aliphatic hydroxyl groups excluding tert-OH is 2. The van der Waals surface area contributed by atoms with E-state index in [2.05, 4.69) is 22.5 Å². The number of rotatable bonds is 15. The van der Waals surface area contributed by atoms with Gasteiger partial charge in [-0.15, -0.1) is 0 Å². The van der Waals surface area contributed by atoms with Crippen LogP contribution in [0.15, 0.2) is 41.0 Å². The highest BCUT2D eigenvalue weighted by molar-refractivity contribution is 6.01. The molecule has 1 unspecified atom stereocenters. The molecule has 11 nitrogen and oxygen atoms in total. The molecule has 1 fully saturated rings. The lowest BCUT2D eigenvalue weighted by Crippen LogP contribution is -2.53. The second kappa shape index (κ2) is 14.0. The fourth-order valence-corrected chi connectivity index (χ4v) is 4.88. The van der Waals surface area contributed by atoms with Crippen molar-refractivity contribution in [3.05, 3.63) is 46.7 Å². The number of aromatic nitrogens is 2. The number of hydrogen-bond donors (Lipinski definition) is 5. The molecule has 4 atom stereocenters. The van der Waals surface area contributed by atoms with Gasteiger partial charge in [0.1, 0.15) is 17.5 Å². The Kier molecular flexibility index (Phi) is 10.9. The van der Waals surface area contributed by atoms with Crippen molar-refractivity contribution in [2.24, 2.45) is 0 Å². The quantitative estimate of drug-likeness (QED) is 0.200. The first kappa shape index (κ1) is 31.4. The van der Waals surface area contributed by atoms with E-state index in [-0.39, 0.29) is 17.8 Å². The highest BCUT2D eigenvalue weighted by Gasteiger charge is 2.59. The summed E-state index contributed by atoms with van der Waals surface area (Å²) >= 11 is 0. The zero-order valence-electron chi connectivity index (χ0n) is 22.5. The first-order chi connectivity index (χ1) is 19.1. The molecule has 2 aliphatic rings. The number of anilines is 1. The fourth-order valence-electron chi connectivity index (χ4n) is 4.88. The number of alkyl halides is 2. The van der Waals surface area contributed by atoms with E-state index in [1.165, 1.54) is 44.0 Å². The van der Waals surface area contributed by atoms with Crippen molar-refractivity contribution < 1.29 is 38.4 Å². The summed E-state index contributed by atoms with van der Waals surface area (Å²) in [6.07, 6.45) is 8.63. The molecule has 222 valence electrons. The predicted octanol–water partition coefficient (Wildman–Crippen LogP) is 2.86. The van der Waals surface area contributed by atoms with Crippen molar-refractivity contribution in [2.75, 3.05) is 11.9 Å². The van der Waals surface area contributed by atoms with Gasteiger partial charge < -0.3 is 30.7 Å². The van der Waals surface area contributed by atoms with Gasteiger partial charge in [-0.25, -0.2) is 9.59 Å². The molecule has 1 aromatic heterocycles. The zero-order valence-corrected chi connectivity index (χ0v) is 22.5. The third-order valence-electron chi connectivity index (χ3n) is 7.22. The highest BCUT2D eigenvalue weighted by Crippen LogP contribution is 2.42. The second-order valence-electron chi connectivity index (χ2n) is 10.2. The Morgan fingerprint density at radius 1 is 1.15 bits per heavy atom. The summed E-state index contributed by atoms with van der Waals surface area (Å²) in [5.41, 5.74) is -2.69. The third-order valence-corrected chi connectivity index (χ3v) is 7.22. The number of carbonyl (C=O) groups is 2. The summed E-state index contributed by atoms with van der Waals surface area (Å²) in [5, 5.41) is 33.8. The van der Waals surface area contributed by atoms with Crippen molar-refractivity contribution in [3.63, 3.8) is 0 Å². The number of aliphatic carboxylic acids is 1. The second-order valence-corrected chi connectivity index (χ2v) is 10.2. The van der Waals surface area contributed by atoms with Gasteiger partial charge in [-0.2, -0.15) is 13.8 Å². The van der Waals surface area contributed by atoms with E-state index >= 15 is 0 Å². The Labute approximate surface area is 230 Å². The number of carboxylic acids is 1. The van der Waals surface area contributed by atoms with Crippen LogP contribution in [0.1, 0.15) is 77.4 Å². The van der Waals surface area contributed by atoms with E-state index in [4.69, 9.17) is 9.84 Å². The van der Waals surface area contributed by atoms with Gasteiger partial charge >= 0.3 is 17.6 Å². The molecule has 0 radical (unpaired) electrons. The fraction of sp³-hybridized carbons (Fsp3) is 0.630. The summed E-state index contributed by atoms with van der Waals surface area (Å²) < 4.78 is 34.4. The molecule has 3 rings (SSSR count). The molecule has 1 amide bonds. The van der Waals surface area contributed by atoms with Gasteiger partial charge in [-0.05, 0) is 30.8 Å². The zero-order chi connectivity index (χ0) is 29.3. The topological polar surface area (TPSA) is 163 Å². The minimum absolute atomic E-state index is 0.0780. The number of amides is 1. The SMILES string of the molecule is CCCCCCCCCCCC1(C(=O)Nc2ccn([C@@H]3O[C@H](CO)[C@@H](O)C3(F)F)c(=O)n2)C=C(C(=O)O)C=CN1. The lowest BCUT2D eigenvalue weighted by molar-refractivity contribution is -0.141. The maximum absolute atomic E-state index is 14.5. The smallest absolute Gasteiger partial charge is 0.351 e. The Balaban J connectivity index is 1.70. The normalized spacial score (nSPS) is 25.3. The average Bonchev–Trinajstić information content (AvgIpc) is 3.15. The Morgan fingerprint density at radius 3 is 2.38 bits per heavy atom. The van der Waals surface area contributed by atoms with Crippen LogP contribution in [-0.2, 0) is 14.3 Å². The van der Waals surface area contributed by atoms with Crippen LogP contribution >= 0.6 is 0 Å². The number of carbonyl (C=O) groups excluding carboxylic acids is 1. The molecule has 0 aromatic carbocycles. The number of ether oxygens (including phenoxy) is 1. The average molecular weight is 569 g/mol. The number of nitrogens with one attached hydrogen (secondary N) is 2. The number of aliphatic hydroxyl groups is 2. The van der Waals surface area contributed by atoms with Crippen LogP contribution in [0.5, 0.6) is 0 Å². The molecule has 0 saturated carbocycles. The van der Waals surface area contributed by atoms with Crippen molar-refractivity contribution in [2.45, 2.75) is 101 Å². The van der Waals surface area contributed by atoms with Crippen LogP contribution in [0.2, 0.25) is 0 Å². The molecule has 0 aliphatic carbocycles. The Bertz CT molecular complexity index is 1160. The molecule has 1 saturated heterocycles. The van der Waals surface area contributed by atoms with Gasteiger partial charge in [-0.3, -0.25) is 9.36 Å². The minimum atomic E-state index is -3.88. The number of halogens is 2. The molecule has 40 heavy (non-hydrogen) atoms. The number of hydrogen-bond acceptors (Lipinski definition) is 8.